The lowest BCUT2D eigenvalue weighted by Crippen LogP contribution is -2.20. The van der Waals surface area contributed by atoms with Crippen LogP contribution in [0, 0.1) is 0 Å². The summed E-state index contributed by atoms with van der Waals surface area (Å²) in [6.45, 7) is 0.611. The number of nitrogens with zero attached hydrogens (tertiary/aromatic N) is 3. The van der Waals surface area contributed by atoms with Crippen LogP contribution in [0.15, 0.2) is 30.3 Å². The van der Waals surface area contributed by atoms with Gasteiger partial charge in [0.15, 0.2) is 0 Å². The van der Waals surface area contributed by atoms with Crippen molar-refractivity contribution in [3.63, 3.8) is 0 Å². The Hall–Kier alpha value is -2.50. The predicted octanol–water partition coefficient (Wildman–Crippen LogP) is 2.14. The summed E-state index contributed by atoms with van der Waals surface area (Å²) < 4.78 is 15.7. The van der Waals surface area contributed by atoms with Gasteiger partial charge >= 0.3 is 0 Å². The van der Waals surface area contributed by atoms with Crippen molar-refractivity contribution in [1.82, 2.24) is 9.97 Å². The van der Waals surface area contributed by atoms with E-state index in [-0.39, 0.29) is 0 Å². The minimum absolute atomic E-state index is 0.462. The minimum atomic E-state index is 0.462. The summed E-state index contributed by atoms with van der Waals surface area (Å²) in [4.78, 5) is 10.6. The summed E-state index contributed by atoms with van der Waals surface area (Å²) in [5.74, 6) is 2.28. The molecule has 0 unspecified atom stereocenters. The monoisotopic (exact) mass is 289 g/mol. The van der Waals surface area contributed by atoms with Gasteiger partial charge in [-0.1, -0.05) is 18.2 Å². The molecule has 0 bridgehead atoms. The number of methoxy groups -OCH3 is 3. The van der Waals surface area contributed by atoms with E-state index in [1.807, 2.05) is 36.2 Å². The van der Waals surface area contributed by atoms with Gasteiger partial charge in [-0.2, -0.15) is 9.97 Å². The van der Waals surface area contributed by atoms with Crippen molar-refractivity contribution >= 4 is 5.95 Å². The van der Waals surface area contributed by atoms with Crippen molar-refractivity contribution in [3.05, 3.63) is 35.9 Å². The number of hydrogen-bond donors (Lipinski definition) is 0. The van der Waals surface area contributed by atoms with Crippen molar-refractivity contribution in [2.75, 3.05) is 33.3 Å². The summed E-state index contributed by atoms with van der Waals surface area (Å²) in [5, 5.41) is 0. The Morgan fingerprint density at radius 1 is 0.952 bits per heavy atom. The van der Waals surface area contributed by atoms with Crippen LogP contribution in [-0.2, 0) is 6.54 Å². The van der Waals surface area contributed by atoms with Crippen LogP contribution in [0.3, 0.4) is 0 Å². The second-order valence-corrected chi connectivity index (χ2v) is 4.42. The molecule has 0 aliphatic rings. The first-order chi connectivity index (χ1) is 10.2. The van der Waals surface area contributed by atoms with E-state index in [1.165, 1.54) is 0 Å². The molecule has 2 rings (SSSR count). The SMILES string of the molecule is COc1cc(OC)nc(N(C)Cc2ccccc2OC)n1. The van der Waals surface area contributed by atoms with E-state index in [0.29, 0.717) is 24.3 Å². The largest absolute Gasteiger partial charge is 0.496 e. The highest BCUT2D eigenvalue weighted by Gasteiger charge is 2.12. The van der Waals surface area contributed by atoms with E-state index in [4.69, 9.17) is 14.2 Å². The van der Waals surface area contributed by atoms with Gasteiger partial charge in [0, 0.05) is 19.2 Å². The van der Waals surface area contributed by atoms with E-state index >= 15 is 0 Å². The van der Waals surface area contributed by atoms with Crippen molar-refractivity contribution in [2.24, 2.45) is 0 Å². The van der Waals surface area contributed by atoms with Gasteiger partial charge in [0.1, 0.15) is 5.75 Å². The lowest BCUT2D eigenvalue weighted by atomic mass is 10.2. The molecule has 0 saturated heterocycles. The Morgan fingerprint density at radius 3 is 2.14 bits per heavy atom. The first kappa shape index (κ1) is 14.9. The van der Waals surface area contributed by atoms with Crippen molar-refractivity contribution in [1.29, 1.82) is 0 Å². The summed E-state index contributed by atoms with van der Waals surface area (Å²) in [6, 6.07) is 9.48. The number of ether oxygens (including phenoxy) is 3. The second kappa shape index (κ2) is 6.78. The molecule has 1 heterocycles. The van der Waals surface area contributed by atoms with Gasteiger partial charge in [0.25, 0.3) is 0 Å². The van der Waals surface area contributed by atoms with E-state index in [1.54, 1.807) is 27.4 Å². The third kappa shape index (κ3) is 3.53. The molecular formula is C15H19N3O3. The fourth-order valence-corrected chi connectivity index (χ4v) is 1.93. The second-order valence-electron chi connectivity index (χ2n) is 4.42. The average Bonchev–Trinajstić information content (AvgIpc) is 2.54. The number of rotatable bonds is 6. The van der Waals surface area contributed by atoms with Gasteiger partial charge in [0.05, 0.1) is 27.4 Å². The van der Waals surface area contributed by atoms with Gasteiger partial charge in [-0.25, -0.2) is 0 Å². The third-order valence-electron chi connectivity index (χ3n) is 3.03. The summed E-state index contributed by atoms with van der Waals surface area (Å²) in [6.07, 6.45) is 0. The number of hydrogen-bond acceptors (Lipinski definition) is 6. The summed E-state index contributed by atoms with van der Waals surface area (Å²) in [5.41, 5.74) is 1.05. The van der Waals surface area contributed by atoms with Crippen LogP contribution in [-0.4, -0.2) is 38.3 Å². The first-order valence-electron chi connectivity index (χ1n) is 6.48. The highest BCUT2D eigenvalue weighted by atomic mass is 16.5. The fourth-order valence-electron chi connectivity index (χ4n) is 1.93. The molecule has 0 amide bonds. The number of anilines is 1. The Bertz CT molecular complexity index is 582. The van der Waals surface area contributed by atoms with Gasteiger partial charge in [-0.05, 0) is 6.07 Å². The van der Waals surface area contributed by atoms with E-state index < -0.39 is 0 Å². The molecular weight excluding hydrogens is 270 g/mol. The van der Waals surface area contributed by atoms with Gasteiger partial charge in [-0.3, -0.25) is 0 Å². The lowest BCUT2D eigenvalue weighted by Gasteiger charge is -2.19. The highest BCUT2D eigenvalue weighted by molar-refractivity contribution is 5.40. The Labute approximate surface area is 124 Å². The van der Waals surface area contributed by atoms with E-state index in [0.717, 1.165) is 11.3 Å². The molecule has 21 heavy (non-hydrogen) atoms. The zero-order valence-corrected chi connectivity index (χ0v) is 12.7. The Balaban J connectivity index is 2.25. The lowest BCUT2D eigenvalue weighted by molar-refractivity contribution is 0.371. The maximum Gasteiger partial charge on any atom is 0.232 e. The third-order valence-corrected chi connectivity index (χ3v) is 3.03. The normalized spacial score (nSPS) is 10.1. The molecule has 112 valence electrons. The predicted molar refractivity (Wildman–Crippen MR) is 80.2 cm³/mol. The Morgan fingerprint density at radius 2 is 1.57 bits per heavy atom. The van der Waals surface area contributed by atoms with Crippen LogP contribution >= 0.6 is 0 Å². The molecule has 6 heteroatoms. The summed E-state index contributed by atoms with van der Waals surface area (Å²) in [7, 11) is 6.68. The molecule has 0 spiro atoms. The Kier molecular flexibility index (Phi) is 4.81. The maximum atomic E-state index is 5.36. The average molecular weight is 289 g/mol. The molecule has 2 aromatic rings. The van der Waals surface area contributed by atoms with Crippen LogP contribution in [0.2, 0.25) is 0 Å². The fraction of sp³-hybridized carbons (Fsp3) is 0.333. The van der Waals surface area contributed by atoms with Crippen LogP contribution in [0.5, 0.6) is 17.5 Å². The molecule has 0 fully saturated rings. The molecule has 6 nitrogen and oxygen atoms in total. The summed E-state index contributed by atoms with van der Waals surface area (Å²) >= 11 is 0. The van der Waals surface area contributed by atoms with Crippen LogP contribution < -0.4 is 19.1 Å². The molecule has 0 aliphatic heterocycles. The maximum absolute atomic E-state index is 5.36. The van der Waals surface area contributed by atoms with Gasteiger partial charge in [-0.15, -0.1) is 0 Å². The van der Waals surface area contributed by atoms with Crippen molar-refractivity contribution in [2.45, 2.75) is 6.54 Å². The number of aromatic nitrogens is 2. The van der Waals surface area contributed by atoms with Crippen molar-refractivity contribution in [3.8, 4) is 17.5 Å². The van der Waals surface area contributed by atoms with Crippen LogP contribution in [0.25, 0.3) is 0 Å². The van der Waals surface area contributed by atoms with E-state index in [2.05, 4.69) is 9.97 Å². The minimum Gasteiger partial charge on any atom is -0.496 e. The highest BCUT2D eigenvalue weighted by Crippen LogP contribution is 2.23. The zero-order valence-electron chi connectivity index (χ0n) is 12.7. The topological polar surface area (TPSA) is 56.7 Å². The van der Waals surface area contributed by atoms with Gasteiger partial charge in [0.2, 0.25) is 17.7 Å². The molecule has 1 aromatic carbocycles. The molecule has 1 aromatic heterocycles. The molecule has 0 saturated carbocycles. The van der Waals surface area contributed by atoms with Crippen molar-refractivity contribution < 1.29 is 14.2 Å². The molecule has 0 N–H and O–H groups in total. The zero-order chi connectivity index (χ0) is 15.2. The van der Waals surface area contributed by atoms with E-state index in [9.17, 15) is 0 Å². The molecule has 0 radical (unpaired) electrons. The first-order valence-corrected chi connectivity index (χ1v) is 6.48. The number of benzene rings is 1. The quantitative estimate of drug-likeness (QED) is 0.812. The molecule has 0 atom stereocenters. The smallest absolute Gasteiger partial charge is 0.232 e. The number of para-hydroxylation sites is 1. The van der Waals surface area contributed by atoms with Crippen LogP contribution in [0.1, 0.15) is 5.56 Å². The molecule has 0 aliphatic carbocycles. The van der Waals surface area contributed by atoms with Gasteiger partial charge < -0.3 is 19.1 Å². The standard InChI is InChI=1S/C15H19N3O3/c1-18(10-11-7-5-6-8-12(11)19-2)15-16-13(20-3)9-14(17-15)21-4/h5-9H,10H2,1-4H3. The van der Waals surface area contributed by atoms with Crippen LogP contribution in [0.4, 0.5) is 5.95 Å².